The normalized spacial score (nSPS) is 10.4. The summed E-state index contributed by atoms with van der Waals surface area (Å²) in [6.45, 7) is 3.58. The molecular formula is C23H24N2O6. The van der Waals surface area contributed by atoms with Crippen molar-refractivity contribution in [3.05, 3.63) is 72.3 Å². The third-order valence-electron chi connectivity index (χ3n) is 4.25. The zero-order valence-electron chi connectivity index (χ0n) is 17.2. The molecule has 0 bridgehead atoms. The summed E-state index contributed by atoms with van der Waals surface area (Å²) in [6.07, 6.45) is 6.04. The smallest absolute Gasteiger partial charge is 0.338 e. The first kappa shape index (κ1) is 21.9. The predicted octanol–water partition coefficient (Wildman–Crippen LogP) is 3.41. The second-order valence-electron chi connectivity index (χ2n) is 6.41. The van der Waals surface area contributed by atoms with Gasteiger partial charge < -0.3 is 23.5 Å². The number of carbonyl (C=O) groups is 2. The molecule has 0 spiro atoms. The predicted molar refractivity (Wildman–Crippen MR) is 113 cm³/mol. The molecule has 3 aromatic rings. The Hall–Kier alpha value is -3.81. The Morgan fingerprint density at radius 2 is 1.77 bits per heavy atom. The number of rotatable bonds is 12. The highest BCUT2D eigenvalue weighted by molar-refractivity contribution is 5.90. The largest absolute Gasteiger partial charge is 0.490 e. The first-order valence-corrected chi connectivity index (χ1v) is 9.90. The van der Waals surface area contributed by atoms with E-state index in [1.807, 2.05) is 10.8 Å². The molecule has 0 radical (unpaired) electrons. The standard InChI is InChI=1S/C23H24N2O6/c1-2-28-23(27)19-5-8-21(30-12-11-25-10-9-24-17-25)22(15-19)31-14-13-29-20-6-3-18(16-26)4-7-20/h3-10,15-17H,2,11-14H2,1H3. The minimum absolute atomic E-state index is 0.236. The fraction of sp³-hybridized carbons (Fsp3) is 0.261. The summed E-state index contributed by atoms with van der Waals surface area (Å²) in [4.78, 5) is 26.8. The summed E-state index contributed by atoms with van der Waals surface area (Å²) in [5.74, 6) is 1.15. The lowest BCUT2D eigenvalue weighted by molar-refractivity contribution is 0.0525. The molecule has 31 heavy (non-hydrogen) atoms. The summed E-state index contributed by atoms with van der Waals surface area (Å²) in [5, 5.41) is 0. The van der Waals surface area contributed by atoms with Crippen LogP contribution >= 0.6 is 0 Å². The molecule has 162 valence electrons. The first-order chi connectivity index (χ1) is 15.2. The van der Waals surface area contributed by atoms with Crippen LogP contribution in [-0.4, -0.2) is 48.2 Å². The first-order valence-electron chi connectivity index (χ1n) is 9.90. The van der Waals surface area contributed by atoms with Crippen molar-refractivity contribution in [1.82, 2.24) is 9.55 Å². The molecule has 0 amide bonds. The van der Waals surface area contributed by atoms with E-state index in [-0.39, 0.29) is 19.8 Å². The molecule has 0 aliphatic heterocycles. The topological polar surface area (TPSA) is 88.9 Å². The van der Waals surface area contributed by atoms with E-state index in [4.69, 9.17) is 18.9 Å². The van der Waals surface area contributed by atoms with Crippen molar-refractivity contribution in [2.24, 2.45) is 0 Å². The molecule has 0 fully saturated rings. The second-order valence-corrected chi connectivity index (χ2v) is 6.41. The molecule has 0 saturated carbocycles. The minimum atomic E-state index is -0.427. The Kier molecular flexibility index (Phi) is 8.05. The van der Waals surface area contributed by atoms with E-state index in [0.717, 1.165) is 6.29 Å². The van der Waals surface area contributed by atoms with Gasteiger partial charge in [0.2, 0.25) is 0 Å². The zero-order chi connectivity index (χ0) is 21.9. The van der Waals surface area contributed by atoms with Gasteiger partial charge in [-0.2, -0.15) is 0 Å². The Morgan fingerprint density at radius 3 is 2.48 bits per heavy atom. The lowest BCUT2D eigenvalue weighted by atomic mass is 10.2. The van der Waals surface area contributed by atoms with Crippen molar-refractivity contribution in [1.29, 1.82) is 0 Å². The van der Waals surface area contributed by atoms with Crippen LogP contribution in [0.15, 0.2) is 61.2 Å². The minimum Gasteiger partial charge on any atom is -0.490 e. The Labute approximate surface area is 180 Å². The molecule has 2 aromatic carbocycles. The summed E-state index contributed by atoms with van der Waals surface area (Å²) in [6, 6.07) is 11.7. The average Bonchev–Trinajstić information content (AvgIpc) is 3.31. The van der Waals surface area contributed by atoms with E-state index in [1.54, 1.807) is 61.9 Å². The molecule has 0 unspecified atom stereocenters. The van der Waals surface area contributed by atoms with E-state index in [1.165, 1.54) is 0 Å². The molecule has 8 heteroatoms. The number of hydrogen-bond acceptors (Lipinski definition) is 7. The molecule has 3 rings (SSSR count). The van der Waals surface area contributed by atoms with Crippen molar-refractivity contribution < 1.29 is 28.5 Å². The molecular weight excluding hydrogens is 400 g/mol. The van der Waals surface area contributed by atoms with Crippen LogP contribution in [-0.2, 0) is 11.3 Å². The van der Waals surface area contributed by atoms with Gasteiger partial charge in [0, 0.05) is 18.0 Å². The number of aromatic nitrogens is 2. The van der Waals surface area contributed by atoms with Crippen LogP contribution in [0.1, 0.15) is 27.6 Å². The van der Waals surface area contributed by atoms with Crippen molar-refractivity contribution in [2.45, 2.75) is 13.5 Å². The van der Waals surface area contributed by atoms with Gasteiger partial charge in [0.05, 0.1) is 25.0 Å². The zero-order valence-corrected chi connectivity index (χ0v) is 17.2. The molecule has 1 heterocycles. The Morgan fingerprint density at radius 1 is 1.00 bits per heavy atom. The lowest BCUT2D eigenvalue weighted by Gasteiger charge is -2.15. The van der Waals surface area contributed by atoms with E-state index < -0.39 is 5.97 Å². The summed E-state index contributed by atoms with van der Waals surface area (Å²) in [7, 11) is 0. The van der Waals surface area contributed by atoms with Gasteiger partial charge in [-0.25, -0.2) is 9.78 Å². The molecule has 0 atom stereocenters. The summed E-state index contributed by atoms with van der Waals surface area (Å²) in [5.41, 5.74) is 0.959. The third-order valence-corrected chi connectivity index (χ3v) is 4.25. The quantitative estimate of drug-likeness (QED) is 0.250. The highest BCUT2D eigenvalue weighted by Crippen LogP contribution is 2.29. The van der Waals surface area contributed by atoms with Gasteiger partial charge in [0.25, 0.3) is 0 Å². The fourth-order valence-corrected chi connectivity index (χ4v) is 2.72. The van der Waals surface area contributed by atoms with E-state index in [0.29, 0.717) is 41.5 Å². The van der Waals surface area contributed by atoms with Gasteiger partial charge in [-0.1, -0.05) is 0 Å². The highest BCUT2D eigenvalue weighted by atomic mass is 16.5. The highest BCUT2D eigenvalue weighted by Gasteiger charge is 2.13. The van der Waals surface area contributed by atoms with Crippen molar-refractivity contribution in [3.8, 4) is 17.2 Å². The summed E-state index contributed by atoms with van der Waals surface area (Å²) < 4.78 is 24.3. The van der Waals surface area contributed by atoms with Crippen LogP contribution in [0.25, 0.3) is 0 Å². The van der Waals surface area contributed by atoms with Crippen molar-refractivity contribution >= 4 is 12.3 Å². The molecule has 8 nitrogen and oxygen atoms in total. The van der Waals surface area contributed by atoms with Gasteiger partial charge in [-0.05, 0) is 49.4 Å². The molecule has 0 saturated heterocycles. The van der Waals surface area contributed by atoms with Gasteiger partial charge in [-0.15, -0.1) is 0 Å². The number of hydrogen-bond donors (Lipinski definition) is 0. The maximum atomic E-state index is 12.1. The van der Waals surface area contributed by atoms with E-state index >= 15 is 0 Å². The maximum absolute atomic E-state index is 12.1. The number of benzene rings is 2. The lowest BCUT2D eigenvalue weighted by Crippen LogP contribution is -2.12. The van der Waals surface area contributed by atoms with Crippen LogP contribution in [0.5, 0.6) is 17.2 Å². The monoisotopic (exact) mass is 424 g/mol. The SMILES string of the molecule is CCOC(=O)c1ccc(OCCn2ccnc2)c(OCCOc2ccc(C=O)cc2)c1. The fourth-order valence-electron chi connectivity index (χ4n) is 2.72. The van der Waals surface area contributed by atoms with Crippen LogP contribution in [0.3, 0.4) is 0 Å². The molecule has 0 aliphatic carbocycles. The molecule has 1 aromatic heterocycles. The van der Waals surface area contributed by atoms with Gasteiger partial charge >= 0.3 is 5.97 Å². The maximum Gasteiger partial charge on any atom is 0.338 e. The number of ether oxygens (including phenoxy) is 4. The number of aldehydes is 1. The second kappa shape index (κ2) is 11.4. The van der Waals surface area contributed by atoms with Crippen LogP contribution < -0.4 is 14.2 Å². The molecule has 0 N–H and O–H groups in total. The average molecular weight is 424 g/mol. The third kappa shape index (κ3) is 6.60. The Bertz CT molecular complexity index is 970. The molecule has 0 aliphatic rings. The van der Waals surface area contributed by atoms with Crippen LogP contribution in [0, 0.1) is 0 Å². The Balaban J connectivity index is 1.60. The number of carbonyl (C=O) groups excluding carboxylic acids is 2. The van der Waals surface area contributed by atoms with Crippen molar-refractivity contribution in [2.75, 3.05) is 26.4 Å². The number of nitrogens with zero attached hydrogens (tertiary/aromatic N) is 2. The van der Waals surface area contributed by atoms with Gasteiger partial charge in [0.15, 0.2) is 11.5 Å². The van der Waals surface area contributed by atoms with E-state index in [2.05, 4.69) is 4.98 Å². The van der Waals surface area contributed by atoms with E-state index in [9.17, 15) is 9.59 Å². The van der Waals surface area contributed by atoms with Gasteiger partial charge in [0.1, 0.15) is 31.9 Å². The van der Waals surface area contributed by atoms with Gasteiger partial charge in [-0.3, -0.25) is 4.79 Å². The van der Waals surface area contributed by atoms with Crippen molar-refractivity contribution in [3.63, 3.8) is 0 Å². The number of esters is 1. The number of imidazole rings is 1. The van der Waals surface area contributed by atoms with Crippen LogP contribution in [0.4, 0.5) is 0 Å². The van der Waals surface area contributed by atoms with Crippen LogP contribution in [0.2, 0.25) is 0 Å². The summed E-state index contributed by atoms with van der Waals surface area (Å²) >= 11 is 0.